The number of pyridine rings is 1. The summed E-state index contributed by atoms with van der Waals surface area (Å²) in [6.07, 6.45) is 2.89. The minimum Gasteiger partial charge on any atom is -0.315 e. The molecule has 0 spiro atoms. The van der Waals surface area contributed by atoms with Gasteiger partial charge in [-0.15, -0.1) is 0 Å². The number of rotatable bonds is 8. The Labute approximate surface area is 105 Å². The first-order valence-corrected chi connectivity index (χ1v) is 6.47. The van der Waals surface area contributed by atoms with E-state index in [0.717, 1.165) is 38.5 Å². The third-order valence-electron chi connectivity index (χ3n) is 2.70. The van der Waals surface area contributed by atoms with E-state index >= 15 is 0 Å². The maximum atomic E-state index is 4.33. The lowest BCUT2D eigenvalue weighted by Crippen LogP contribution is -2.32. The molecule has 0 saturated heterocycles. The van der Waals surface area contributed by atoms with Crippen LogP contribution in [0.1, 0.15) is 19.5 Å². The second-order valence-corrected chi connectivity index (χ2v) is 4.97. The number of hydrogen-bond acceptors (Lipinski definition) is 3. The lowest BCUT2D eigenvalue weighted by atomic mass is 10.2. The van der Waals surface area contributed by atoms with Crippen LogP contribution in [-0.2, 0) is 6.42 Å². The molecule has 3 heteroatoms. The SMILES string of the molecule is CC(C)CNCCN(C)CCc1ccccn1. The average molecular weight is 235 g/mol. The fraction of sp³-hybridized carbons (Fsp3) is 0.643. The second kappa shape index (κ2) is 8.20. The van der Waals surface area contributed by atoms with E-state index < -0.39 is 0 Å². The number of nitrogens with zero attached hydrogens (tertiary/aromatic N) is 2. The van der Waals surface area contributed by atoms with Crippen molar-refractivity contribution in [2.24, 2.45) is 5.92 Å². The molecule has 1 heterocycles. The second-order valence-electron chi connectivity index (χ2n) is 4.97. The number of nitrogens with one attached hydrogen (secondary N) is 1. The number of hydrogen-bond donors (Lipinski definition) is 1. The third kappa shape index (κ3) is 7.08. The highest BCUT2D eigenvalue weighted by Crippen LogP contribution is 1.96. The lowest BCUT2D eigenvalue weighted by Gasteiger charge is -2.17. The zero-order valence-electron chi connectivity index (χ0n) is 11.3. The predicted octanol–water partition coefficient (Wildman–Crippen LogP) is 1.80. The Hall–Kier alpha value is -0.930. The minimum atomic E-state index is 0.730. The number of aromatic nitrogens is 1. The monoisotopic (exact) mass is 235 g/mol. The van der Waals surface area contributed by atoms with Crippen LogP contribution in [0.4, 0.5) is 0 Å². The molecule has 0 saturated carbocycles. The maximum absolute atomic E-state index is 4.33. The molecule has 0 atom stereocenters. The number of likely N-dealkylation sites (N-methyl/N-ethyl adjacent to an activating group) is 1. The summed E-state index contributed by atoms with van der Waals surface area (Å²) in [6, 6.07) is 6.10. The van der Waals surface area contributed by atoms with Crippen LogP contribution in [0.2, 0.25) is 0 Å². The molecule has 3 nitrogen and oxygen atoms in total. The summed E-state index contributed by atoms with van der Waals surface area (Å²) in [7, 11) is 2.17. The van der Waals surface area contributed by atoms with E-state index in [1.165, 1.54) is 5.69 Å². The van der Waals surface area contributed by atoms with Gasteiger partial charge >= 0.3 is 0 Å². The van der Waals surface area contributed by atoms with Crippen molar-refractivity contribution >= 4 is 0 Å². The van der Waals surface area contributed by atoms with Crippen LogP contribution in [-0.4, -0.2) is 43.1 Å². The zero-order valence-corrected chi connectivity index (χ0v) is 11.3. The van der Waals surface area contributed by atoms with Gasteiger partial charge in [-0.05, 0) is 31.6 Å². The van der Waals surface area contributed by atoms with Crippen molar-refractivity contribution in [3.8, 4) is 0 Å². The highest BCUT2D eigenvalue weighted by atomic mass is 15.1. The molecule has 0 amide bonds. The van der Waals surface area contributed by atoms with Gasteiger partial charge in [-0.3, -0.25) is 4.98 Å². The Morgan fingerprint density at radius 2 is 2.12 bits per heavy atom. The van der Waals surface area contributed by atoms with E-state index in [9.17, 15) is 0 Å². The molecule has 0 unspecified atom stereocenters. The molecule has 0 aliphatic carbocycles. The average Bonchev–Trinajstić information content (AvgIpc) is 2.33. The molecule has 1 aromatic rings. The molecule has 1 rings (SSSR count). The highest BCUT2D eigenvalue weighted by molar-refractivity contribution is 5.03. The van der Waals surface area contributed by atoms with Gasteiger partial charge in [0.2, 0.25) is 0 Å². The van der Waals surface area contributed by atoms with Crippen molar-refractivity contribution in [2.45, 2.75) is 20.3 Å². The molecule has 0 aliphatic heterocycles. The summed E-state index contributed by atoms with van der Waals surface area (Å²) in [5.41, 5.74) is 1.18. The van der Waals surface area contributed by atoms with Crippen molar-refractivity contribution in [2.75, 3.05) is 33.2 Å². The summed E-state index contributed by atoms with van der Waals surface area (Å²) < 4.78 is 0. The zero-order chi connectivity index (χ0) is 12.5. The van der Waals surface area contributed by atoms with E-state index in [-0.39, 0.29) is 0 Å². The molecule has 0 fully saturated rings. The molecule has 1 aromatic heterocycles. The van der Waals surface area contributed by atoms with Crippen LogP contribution in [0.3, 0.4) is 0 Å². The van der Waals surface area contributed by atoms with Gasteiger partial charge in [-0.1, -0.05) is 19.9 Å². The van der Waals surface area contributed by atoms with Crippen molar-refractivity contribution in [1.82, 2.24) is 15.2 Å². The summed E-state index contributed by atoms with van der Waals surface area (Å²) in [6.45, 7) is 8.81. The first-order valence-electron chi connectivity index (χ1n) is 6.47. The van der Waals surface area contributed by atoms with Gasteiger partial charge in [0.15, 0.2) is 0 Å². The van der Waals surface area contributed by atoms with Crippen molar-refractivity contribution < 1.29 is 0 Å². The Morgan fingerprint density at radius 3 is 2.76 bits per heavy atom. The van der Waals surface area contributed by atoms with Crippen LogP contribution in [0.5, 0.6) is 0 Å². The van der Waals surface area contributed by atoms with Gasteiger partial charge in [-0.2, -0.15) is 0 Å². The van der Waals surface area contributed by atoms with Gasteiger partial charge < -0.3 is 10.2 Å². The van der Waals surface area contributed by atoms with Crippen molar-refractivity contribution in [1.29, 1.82) is 0 Å². The van der Waals surface area contributed by atoms with Crippen LogP contribution < -0.4 is 5.32 Å². The summed E-state index contributed by atoms with van der Waals surface area (Å²) in [5.74, 6) is 0.730. The molecular weight excluding hydrogens is 210 g/mol. The quantitative estimate of drug-likeness (QED) is 0.696. The van der Waals surface area contributed by atoms with E-state index in [4.69, 9.17) is 0 Å². The van der Waals surface area contributed by atoms with Gasteiger partial charge in [0.05, 0.1) is 0 Å². The molecule has 1 N–H and O–H groups in total. The molecule has 0 aromatic carbocycles. The molecule has 0 aliphatic rings. The Morgan fingerprint density at radius 1 is 1.29 bits per heavy atom. The van der Waals surface area contributed by atoms with E-state index in [0.29, 0.717) is 0 Å². The van der Waals surface area contributed by atoms with Gasteiger partial charge in [0, 0.05) is 37.9 Å². The summed E-state index contributed by atoms with van der Waals surface area (Å²) >= 11 is 0. The lowest BCUT2D eigenvalue weighted by molar-refractivity contribution is 0.331. The topological polar surface area (TPSA) is 28.2 Å². The van der Waals surface area contributed by atoms with Crippen molar-refractivity contribution in [3.63, 3.8) is 0 Å². The Bertz CT molecular complexity index is 285. The maximum Gasteiger partial charge on any atom is 0.0416 e. The molecular formula is C14H25N3. The van der Waals surface area contributed by atoms with E-state index in [1.807, 2.05) is 18.3 Å². The molecule has 17 heavy (non-hydrogen) atoms. The molecule has 96 valence electrons. The van der Waals surface area contributed by atoms with Crippen molar-refractivity contribution in [3.05, 3.63) is 30.1 Å². The summed E-state index contributed by atoms with van der Waals surface area (Å²) in [5, 5.41) is 3.46. The van der Waals surface area contributed by atoms with Crippen LogP contribution >= 0.6 is 0 Å². The fourth-order valence-corrected chi connectivity index (χ4v) is 1.62. The minimum absolute atomic E-state index is 0.730. The normalized spacial score (nSPS) is 11.4. The summed E-state index contributed by atoms with van der Waals surface area (Å²) in [4.78, 5) is 6.68. The van der Waals surface area contributed by atoms with Crippen LogP contribution in [0, 0.1) is 5.92 Å². The predicted molar refractivity (Wildman–Crippen MR) is 73.1 cm³/mol. The highest BCUT2D eigenvalue weighted by Gasteiger charge is 2.00. The van der Waals surface area contributed by atoms with Gasteiger partial charge in [0.25, 0.3) is 0 Å². The van der Waals surface area contributed by atoms with E-state index in [2.05, 4.69) is 42.2 Å². The Kier molecular flexibility index (Phi) is 6.82. The smallest absolute Gasteiger partial charge is 0.0416 e. The Balaban J connectivity index is 2.07. The van der Waals surface area contributed by atoms with Gasteiger partial charge in [0.1, 0.15) is 0 Å². The first-order chi connectivity index (χ1) is 8.18. The third-order valence-corrected chi connectivity index (χ3v) is 2.70. The first kappa shape index (κ1) is 14.1. The fourth-order valence-electron chi connectivity index (χ4n) is 1.62. The molecule has 0 radical (unpaired) electrons. The van der Waals surface area contributed by atoms with Crippen LogP contribution in [0.25, 0.3) is 0 Å². The van der Waals surface area contributed by atoms with E-state index in [1.54, 1.807) is 0 Å². The van der Waals surface area contributed by atoms with Gasteiger partial charge in [-0.25, -0.2) is 0 Å². The standard InChI is InChI=1S/C14H25N3/c1-13(2)12-15-9-11-17(3)10-7-14-6-4-5-8-16-14/h4-6,8,13,15H,7,9-12H2,1-3H3. The van der Waals surface area contributed by atoms with Crippen LogP contribution in [0.15, 0.2) is 24.4 Å². The molecule has 0 bridgehead atoms. The largest absolute Gasteiger partial charge is 0.315 e.